The van der Waals surface area contributed by atoms with Crippen molar-refractivity contribution in [2.24, 2.45) is 5.73 Å². The van der Waals surface area contributed by atoms with E-state index >= 15 is 0 Å². The van der Waals surface area contributed by atoms with Gasteiger partial charge in [-0.3, -0.25) is 10.1 Å². The van der Waals surface area contributed by atoms with Gasteiger partial charge in [-0.2, -0.15) is 0 Å². The van der Waals surface area contributed by atoms with E-state index in [1.807, 2.05) is 12.1 Å². The van der Waals surface area contributed by atoms with Gasteiger partial charge >= 0.3 is 5.69 Å². The van der Waals surface area contributed by atoms with Gasteiger partial charge in [0.1, 0.15) is 5.75 Å². The molecule has 0 aliphatic rings. The molecule has 104 valence electrons. The summed E-state index contributed by atoms with van der Waals surface area (Å²) in [6.07, 6.45) is 2.27. The SMILES string of the molecule is Cc1ccnc(Oc2ccc(CCN)cc2)c1[N+](=O)[O-]. The normalized spacial score (nSPS) is 10.3. The number of ether oxygens (including phenoxy) is 1. The minimum Gasteiger partial charge on any atom is -0.434 e. The molecule has 2 aromatic rings. The summed E-state index contributed by atoms with van der Waals surface area (Å²) in [5, 5.41) is 11.0. The summed E-state index contributed by atoms with van der Waals surface area (Å²) in [4.78, 5) is 14.5. The lowest BCUT2D eigenvalue weighted by molar-refractivity contribution is -0.386. The predicted octanol–water partition coefficient (Wildman–Crippen LogP) is 2.59. The van der Waals surface area contributed by atoms with E-state index in [0.29, 0.717) is 17.9 Å². The fourth-order valence-electron chi connectivity index (χ4n) is 1.82. The number of hydrogen-bond donors (Lipinski definition) is 1. The highest BCUT2D eigenvalue weighted by atomic mass is 16.6. The Hall–Kier alpha value is -2.47. The van der Waals surface area contributed by atoms with Gasteiger partial charge in [-0.1, -0.05) is 12.1 Å². The van der Waals surface area contributed by atoms with E-state index in [9.17, 15) is 10.1 Å². The predicted molar refractivity (Wildman–Crippen MR) is 74.9 cm³/mol. The lowest BCUT2D eigenvalue weighted by atomic mass is 10.1. The van der Waals surface area contributed by atoms with Crippen LogP contribution in [-0.2, 0) is 6.42 Å². The molecular formula is C14H15N3O3. The molecule has 0 saturated carbocycles. The first kappa shape index (κ1) is 14.0. The maximum Gasteiger partial charge on any atom is 0.334 e. The van der Waals surface area contributed by atoms with Crippen LogP contribution in [0.3, 0.4) is 0 Å². The van der Waals surface area contributed by atoms with Crippen molar-refractivity contribution >= 4 is 5.69 Å². The number of nitrogens with two attached hydrogens (primary N) is 1. The third kappa shape index (κ3) is 3.10. The molecule has 0 radical (unpaired) electrons. The van der Waals surface area contributed by atoms with Crippen molar-refractivity contribution in [3.8, 4) is 11.6 Å². The van der Waals surface area contributed by atoms with Gasteiger partial charge in [0.15, 0.2) is 0 Å². The van der Waals surface area contributed by atoms with E-state index in [2.05, 4.69) is 4.98 Å². The molecule has 20 heavy (non-hydrogen) atoms. The first-order chi connectivity index (χ1) is 9.61. The minimum atomic E-state index is -0.486. The number of aromatic nitrogens is 1. The van der Waals surface area contributed by atoms with E-state index in [0.717, 1.165) is 12.0 Å². The van der Waals surface area contributed by atoms with Crippen molar-refractivity contribution in [2.75, 3.05) is 6.54 Å². The second-order valence-electron chi connectivity index (χ2n) is 4.32. The Bertz CT molecular complexity index is 612. The molecule has 2 rings (SSSR count). The maximum atomic E-state index is 11.0. The Morgan fingerprint density at radius 1 is 1.30 bits per heavy atom. The van der Waals surface area contributed by atoms with Crippen LogP contribution in [0, 0.1) is 17.0 Å². The zero-order chi connectivity index (χ0) is 14.5. The molecular weight excluding hydrogens is 258 g/mol. The molecule has 2 N–H and O–H groups in total. The van der Waals surface area contributed by atoms with E-state index < -0.39 is 4.92 Å². The number of aryl methyl sites for hydroxylation is 1. The van der Waals surface area contributed by atoms with Crippen LogP contribution in [0.4, 0.5) is 5.69 Å². The average Bonchev–Trinajstić information content (AvgIpc) is 2.41. The van der Waals surface area contributed by atoms with Crippen LogP contribution in [0.5, 0.6) is 11.6 Å². The molecule has 6 heteroatoms. The molecule has 1 heterocycles. The van der Waals surface area contributed by atoms with Crippen molar-refractivity contribution in [1.82, 2.24) is 4.98 Å². The largest absolute Gasteiger partial charge is 0.434 e. The van der Waals surface area contributed by atoms with Gasteiger partial charge < -0.3 is 10.5 Å². The molecule has 0 bridgehead atoms. The van der Waals surface area contributed by atoms with Crippen molar-refractivity contribution in [3.63, 3.8) is 0 Å². The smallest absolute Gasteiger partial charge is 0.334 e. The fraction of sp³-hybridized carbons (Fsp3) is 0.214. The maximum absolute atomic E-state index is 11.0. The summed E-state index contributed by atoms with van der Waals surface area (Å²) in [6, 6.07) is 8.83. The molecule has 0 unspecified atom stereocenters. The van der Waals surface area contributed by atoms with Crippen LogP contribution in [0.2, 0.25) is 0 Å². The van der Waals surface area contributed by atoms with Crippen molar-refractivity contribution in [1.29, 1.82) is 0 Å². The Balaban J connectivity index is 2.26. The summed E-state index contributed by atoms with van der Waals surface area (Å²) in [5.41, 5.74) is 6.97. The quantitative estimate of drug-likeness (QED) is 0.667. The Labute approximate surface area is 116 Å². The average molecular weight is 273 g/mol. The van der Waals surface area contributed by atoms with Crippen LogP contribution < -0.4 is 10.5 Å². The van der Waals surface area contributed by atoms with Gasteiger partial charge in [-0.25, -0.2) is 4.98 Å². The van der Waals surface area contributed by atoms with E-state index in [1.165, 1.54) is 6.20 Å². The van der Waals surface area contributed by atoms with Crippen molar-refractivity contribution < 1.29 is 9.66 Å². The summed E-state index contributed by atoms with van der Waals surface area (Å²) in [7, 11) is 0. The van der Waals surface area contributed by atoms with Gasteiger partial charge in [0.2, 0.25) is 0 Å². The van der Waals surface area contributed by atoms with Gasteiger partial charge in [0.25, 0.3) is 5.88 Å². The molecule has 0 fully saturated rings. The zero-order valence-electron chi connectivity index (χ0n) is 11.1. The van der Waals surface area contributed by atoms with Gasteiger partial charge in [-0.05, 0) is 43.7 Å². The van der Waals surface area contributed by atoms with Gasteiger partial charge in [-0.15, -0.1) is 0 Å². The zero-order valence-corrected chi connectivity index (χ0v) is 11.1. The number of rotatable bonds is 5. The van der Waals surface area contributed by atoms with Crippen LogP contribution >= 0.6 is 0 Å². The lowest BCUT2D eigenvalue weighted by Crippen LogP contribution is -2.02. The highest BCUT2D eigenvalue weighted by Crippen LogP contribution is 2.31. The van der Waals surface area contributed by atoms with E-state index in [4.69, 9.17) is 10.5 Å². The van der Waals surface area contributed by atoms with Gasteiger partial charge in [0, 0.05) is 11.8 Å². The van der Waals surface area contributed by atoms with Crippen LogP contribution in [0.25, 0.3) is 0 Å². The van der Waals surface area contributed by atoms with Crippen molar-refractivity contribution in [3.05, 3.63) is 57.8 Å². The Morgan fingerprint density at radius 2 is 2.00 bits per heavy atom. The van der Waals surface area contributed by atoms with Gasteiger partial charge in [0.05, 0.1) is 4.92 Å². The molecule has 1 aromatic heterocycles. The Morgan fingerprint density at radius 3 is 2.60 bits per heavy atom. The summed E-state index contributed by atoms with van der Waals surface area (Å²) >= 11 is 0. The molecule has 0 amide bonds. The molecule has 0 saturated heterocycles. The number of pyridine rings is 1. The fourth-order valence-corrected chi connectivity index (χ4v) is 1.82. The number of benzene rings is 1. The third-order valence-electron chi connectivity index (χ3n) is 2.85. The second-order valence-corrected chi connectivity index (χ2v) is 4.32. The minimum absolute atomic E-state index is 0.00146. The molecule has 0 spiro atoms. The standard InChI is InChI=1S/C14H15N3O3/c1-10-7-9-16-14(13(10)17(18)19)20-12-4-2-11(3-5-12)6-8-15/h2-5,7,9H,6,8,15H2,1H3. The number of hydrogen-bond acceptors (Lipinski definition) is 5. The first-order valence-corrected chi connectivity index (χ1v) is 6.18. The lowest BCUT2D eigenvalue weighted by Gasteiger charge is -2.07. The second kappa shape index (κ2) is 6.12. The monoisotopic (exact) mass is 273 g/mol. The molecule has 0 aliphatic heterocycles. The Kier molecular flexibility index (Phi) is 4.27. The topological polar surface area (TPSA) is 91.3 Å². The first-order valence-electron chi connectivity index (χ1n) is 6.18. The summed E-state index contributed by atoms with van der Waals surface area (Å²) < 4.78 is 5.50. The van der Waals surface area contributed by atoms with Crippen LogP contribution in [-0.4, -0.2) is 16.5 Å². The number of nitrogens with zero attached hydrogens (tertiary/aromatic N) is 2. The van der Waals surface area contributed by atoms with E-state index in [-0.39, 0.29) is 11.6 Å². The third-order valence-corrected chi connectivity index (χ3v) is 2.85. The molecule has 0 atom stereocenters. The number of nitro groups is 1. The highest BCUT2D eigenvalue weighted by Gasteiger charge is 2.20. The summed E-state index contributed by atoms with van der Waals surface area (Å²) in [5.74, 6) is 0.508. The van der Waals surface area contributed by atoms with Crippen LogP contribution in [0.1, 0.15) is 11.1 Å². The molecule has 6 nitrogen and oxygen atoms in total. The molecule has 1 aromatic carbocycles. The van der Waals surface area contributed by atoms with E-state index in [1.54, 1.807) is 25.1 Å². The summed E-state index contributed by atoms with van der Waals surface area (Å²) in [6.45, 7) is 2.22. The molecule has 0 aliphatic carbocycles. The highest BCUT2D eigenvalue weighted by molar-refractivity contribution is 5.49. The van der Waals surface area contributed by atoms with Crippen molar-refractivity contribution in [2.45, 2.75) is 13.3 Å². The van der Waals surface area contributed by atoms with Crippen LogP contribution in [0.15, 0.2) is 36.5 Å².